The average Bonchev–Trinajstić information content (AvgIpc) is 2.66. The molecule has 2 fully saturated rings. The van der Waals surface area contributed by atoms with Gasteiger partial charge in [0.2, 0.25) is 0 Å². The number of methoxy groups -OCH3 is 2. The molecule has 0 aromatic heterocycles. The number of thioether (sulfide) groups is 1. The third-order valence-corrected chi connectivity index (χ3v) is 6.08. The summed E-state index contributed by atoms with van der Waals surface area (Å²) >= 11 is 1.93. The van der Waals surface area contributed by atoms with Crippen molar-refractivity contribution in [2.45, 2.75) is 25.0 Å². The van der Waals surface area contributed by atoms with Crippen LogP contribution in [0.5, 0.6) is 11.5 Å². The Bertz CT molecular complexity index is 636. The lowest BCUT2D eigenvalue weighted by atomic mass is 9.90. The second-order valence-corrected chi connectivity index (χ2v) is 8.13. The van der Waals surface area contributed by atoms with E-state index < -0.39 is 5.60 Å². The molecule has 7 heteroatoms. The van der Waals surface area contributed by atoms with Gasteiger partial charge in [0.25, 0.3) is 5.91 Å². The van der Waals surface area contributed by atoms with E-state index in [1.165, 1.54) is 0 Å². The van der Waals surface area contributed by atoms with Crippen LogP contribution in [0.4, 0.5) is 0 Å². The van der Waals surface area contributed by atoms with Gasteiger partial charge in [-0.2, -0.15) is 11.8 Å². The maximum Gasteiger partial charge on any atom is 0.256 e. The van der Waals surface area contributed by atoms with Crippen molar-refractivity contribution in [3.8, 4) is 11.5 Å². The predicted octanol–water partition coefficient (Wildman–Crippen LogP) is 1.61. The maximum atomic E-state index is 13.1. The van der Waals surface area contributed by atoms with E-state index in [0.717, 1.165) is 36.6 Å². The van der Waals surface area contributed by atoms with E-state index in [1.54, 1.807) is 19.1 Å². The molecule has 1 aromatic carbocycles. The van der Waals surface area contributed by atoms with E-state index in [1.807, 2.05) is 30.0 Å². The summed E-state index contributed by atoms with van der Waals surface area (Å²) < 4.78 is 10.8. The molecule has 0 bridgehead atoms. The Morgan fingerprint density at radius 3 is 2.65 bits per heavy atom. The van der Waals surface area contributed by atoms with E-state index in [4.69, 9.17) is 9.47 Å². The van der Waals surface area contributed by atoms with Gasteiger partial charge in [-0.15, -0.1) is 0 Å². The SMILES string of the molecule is COc1cccc(CN2CCC[C@@](O)(CN3CCSCC3)C2=O)c1OC. The quantitative estimate of drug-likeness (QED) is 0.809. The van der Waals surface area contributed by atoms with Crippen LogP contribution in [0.1, 0.15) is 18.4 Å². The summed E-state index contributed by atoms with van der Waals surface area (Å²) in [7, 11) is 3.20. The van der Waals surface area contributed by atoms with Crippen molar-refractivity contribution in [2.24, 2.45) is 0 Å². The zero-order valence-corrected chi connectivity index (χ0v) is 16.4. The molecule has 0 radical (unpaired) electrons. The van der Waals surface area contributed by atoms with E-state index in [-0.39, 0.29) is 5.91 Å². The smallest absolute Gasteiger partial charge is 0.256 e. The number of likely N-dealkylation sites (tertiary alicyclic amines) is 1. The maximum absolute atomic E-state index is 13.1. The number of piperidine rings is 1. The first-order valence-corrected chi connectivity index (χ1v) is 10.2. The number of ether oxygens (including phenoxy) is 2. The molecule has 26 heavy (non-hydrogen) atoms. The second kappa shape index (κ2) is 8.50. The minimum absolute atomic E-state index is 0.174. The van der Waals surface area contributed by atoms with E-state index in [0.29, 0.717) is 37.6 Å². The molecule has 1 aromatic rings. The van der Waals surface area contributed by atoms with Crippen molar-refractivity contribution in [3.05, 3.63) is 23.8 Å². The number of nitrogens with zero attached hydrogens (tertiary/aromatic N) is 2. The van der Waals surface area contributed by atoms with Gasteiger partial charge in [-0.1, -0.05) is 12.1 Å². The molecule has 0 saturated carbocycles. The highest BCUT2D eigenvalue weighted by atomic mass is 32.2. The molecule has 2 heterocycles. The number of para-hydroxylation sites is 1. The van der Waals surface area contributed by atoms with Crippen LogP contribution in [0.15, 0.2) is 18.2 Å². The van der Waals surface area contributed by atoms with Crippen LogP contribution in [0.3, 0.4) is 0 Å². The summed E-state index contributed by atoms with van der Waals surface area (Å²) in [4.78, 5) is 17.0. The van der Waals surface area contributed by atoms with Crippen molar-refractivity contribution >= 4 is 17.7 Å². The molecule has 2 saturated heterocycles. The molecule has 3 rings (SSSR count). The molecule has 1 amide bonds. The van der Waals surface area contributed by atoms with Crippen molar-refractivity contribution in [1.82, 2.24) is 9.80 Å². The van der Waals surface area contributed by atoms with Crippen LogP contribution < -0.4 is 9.47 Å². The van der Waals surface area contributed by atoms with Crippen molar-refractivity contribution < 1.29 is 19.4 Å². The number of carbonyl (C=O) groups is 1. The van der Waals surface area contributed by atoms with Crippen molar-refractivity contribution in [1.29, 1.82) is 0 Å². The summed E-state index contributed by atoms with van der Waals surface area (Å²) in [6, 6.07) is 5.66. The number of carbonyl (C=O) groups excluding carboxylic acids is 1. The molecule has 1 atom stereocenters. The molecule has 2 aliphatic rings. The minimum Gasteiger partial charge on any atom is -0.493 e. The van der Waals surface area contributed by atoms with E-state index in [2.05, 4.69) is 4.90 Å². The fourth-order valence-electron chi connectivity index (χ4n) is 3.78. The van der Waals surface area contributed by atoms with Gasteiger partial charge < -0.3 is 19.5 Å². The molecule has 0 unspecified atom stereocenters. The molecular formula is C19H28N2O4S. The van der Waals surface area contributed by atoms with Crippen molar-refractivity contribution in [2.75, 3.05) is 51.9 Å². The normalized spacial score (nSPS) is 24.6. The van der Waals surface area contributed by atoms with Crippen LogP contribution in [0.2, 0.25) is 0 Å². The van der Waals surface area contributed by atoms with Gasteiger partial charge in [0.15, 0.2) is 17.1 Å². The monoisotopic (exact) mass is 380 g/mol. The second-order valence-electron chi connectivity index (χ2n) is 6.90. The van der Waals surface area contributed by atoms with Gasteiger partial charge in [0.1, 0.15) is 0 Å². The van der Waals surface area contributed by atoms with E-state index >= 15 is 0 Å². The highest BCUT2D eigenvalue weighted by molar-refractivity contribution is 7.99. The lowest BCUT2D eigenvalue weighted by molar-refractivity contribution is -0.160. The van der Waals surface area contributed by atoms with E-state index in [9.17, 15) is 9.90 Å². The summed E-state index contributed by atoms with van der Waals surface area (Å²) in [5, 5.41) is 11.1. The minimum atomic E-state index is -1.29. The number of β-amino-alcohol motifs (C(OH)–C–C–N with tert-alkyl or cyclic N) is 1. The Labute approximate surface area is 159 Å². The molecule has 2 aliphatic heterocycles. The highest BCUT2D eigenvalue weighted by Gasteiger charge is 2.43. The predicted molar refractivity (Wildman–Crippen MR) is 103 cm³/mol. The zero-order valence-electron chi connectivity index (χ0n) is 15.6. The average molecular weight is 381 g/mol. The highest BCUT2D eigenvalue weighted by Crippen LogP contribution is 2.33. The van der Waals surface area contributed by atoms with Crippen LogP contribution >= 0.6 is 11.8 Å². The van der Waals surface area contributed by atoms with Crippen LogP contribution in [-0.4, -0.2) is 78.3 Å². The van der Waals surface area contributed by atoms with Gasteiger partial charge in [-0.3, -0.25) is 9.69 Å². The molecule has 0 aliphatic carbocycles. The number of benzene rings is 1. The Balaban J connectivity index is 1.73. The largest absolute Gasteiger partial charge is 0.493 e. The first-order valence-electron chi connectivity index (χ1n) is 9.09. The molecule has 144 valence electrons. The standard InChI is InChI=1S/C19H28N2O4S/c1-24-16-6-3-5-15(17(16)25-2)13-21-8-4-7-19(23,18(21)22)14-20-9-11-26-12-10-20/h3,5-6,23H,4,7-14H2,1-2H3/t19-/m1/s1. The zero-order chi connectivity index (χ0) is 18.6. The summed E-state index contributed by atoms with van der Waals surface area (Å²) in [6.45, 7) is 3.36. The Hall–Kier alpha value is -1.44. The Kier molecular flexibility index (Phi) is 6.32. The lowest BCUT2D eigenvalue weighted by Gasteiger charge is -2.41. The third kappa shape index (κ3) is 4.10. The topological polar surface area (TPSA) is 62.2 Å². The first kappa shape index (κ1) is 19.3. The number of hydrogen-bond acceptors (Lipinski definition) is 6. The van der Waals surface area contributed by atoms with Crippen LogP contribution in [-0.2, 0) is 11.3 Å². The summed E-state index contributed by atoms with van der Waals surface area (Å²) in [5.74, 6) is 3.25. The molecular weight excluding hydrogens is 352 g/mol. The Morgan fingerprint density at radius 2 is 1.96 bits per heavy atom. The Morgan fingerprint density at radius 1 is 1.19 bits per heavy atom. The third-order valence-electron chi connectivity index (χ3n) is 5.14. The lowest BCUT2D eigenvalue weighted by Crippen LogP contribution is -2.59. The van der Waals surface area contributed by atoms with Gasteiger partial charge in [0, 0.05) is 49.8 Å². The first-order chi connectivity index (χ1) is 12.6. The van der Waals surface area contributed by atoms with Gasteiger partial charge >= 0.3 is 0 Å². The fraction of sp³-hybridized carbons (Fsp3) is 0.632. The molecule has 1 N–H and O–H groups in total. The number of rotatable bonds is 6. The van der Waals surface area contributed by atoms with Gasteiger partial charge in [0.05, 0.1) is 14.2 Å². The molecule has 6 nitrogen and oxygen atoms in total. The van der Waals surface area contributed by atoms with Gasteiger partial charge in [-0.05, 0) is 18.9 Å². The number of amides is 1. The van der Waals surface area contributed by atoms with Crippen molar-refractivity contribution in [3.63, 3.8) is 0 Å². The van der Waals surface area contributed by atoms with Crippen LogP contribution in [0.25, 0.3) is 0 Å². The fourth-order valence-corrected chi connectivity index (χ4v) is 4.75. The summed E-state index contributed by atoms with van der Waals surface area (Å²) in [5.41, 5.74) is -0.398. The van der Waals surface area contributed by atoms with Gasteiger partial charge in [-0.25, -0.2) is 0 Å². The van der Waals surface area contributed by atoms with Crippen LogP contribution in [0, 0.1) is 0 Å². The molecule has 0 spiro atoms. The summed E-state index contributed by atoms with van der Waals surface area (Å²) in [6.07, 6.45) is 1.33. The number of hydrogen-bond donors (Lipinski definition) is 1. The number of aliphatic hydroxyl groups is 1.